The van der Waals surface area contributed by atoms with E-state index in [4.69, 9.17) is 8.74 Å². The molecule has 1 unspecified atom stereocenters. The number of hydrogen-bond donors (Lipinski definition) is 1. The molecule has 0 aliphatic heterocycles. The summed E-state index contributed by atoms with van der Waals surface area (Å²) < 4.78 is 35.5. The highest BCUT2D eigenvalue weighted by Crippen LogP contribution is 2.20. The molecule has 0 rings (SSSR count). The highest BCUT2D eigenvalue weighted by molar-refractivity contribution is 7.80. The van der Waals surface area contributed by atoms with Gasteiger partial charge in [-0.2, -0.15) is 8.42 Å². The highest BCUT2D eigenvalue weighted by atomic mass is 32.3. The van der Waals surface area contributed by atoms with E-state index in [0.29, 0.717) is 0 Å². The predicted molar refractivity (Wildman–Crippen MR) is 143 cm³/mol. The summed E-state index contributed by atoms with van der Waals surface area (Å²) in [4.78, 5) is 0. The maximum atomic E-state index is 10.9. The quantitative estimate of drug-likeness (QED) is 0.0919. The molecule has 4 nitrogen and oxygen atoms in total. The number of rotatable bonds is 27. The molecular weight excluding hydrogens is 432 g/mol. The fourth-order valence-electron chi connectivity index (χ4n) is 4.69. The first-order valence-corrected chi connectivity index (χ1v) is 16.0. The molecule has 0 spiro atoms. The van der Waals surface area contributed by atoms with Gasteiger partial charge in [-0.15, -0.1) is 0 Å². The Hall–Kier alpha value is -0.130. The van der Waals surface area contributed by atoms with Gasteiger partial charge >= 0.3 is 10.4 Å². The summed E-state index contributed by atoms with van der Waals surface area (Å²) in [5.41, 5.74) is 0. The molecule has 0 aromatic carbocycles. The normalized spacial score (nSPS) is 12.9. The molecule has 0 saturated heterocycles. The first-order chi connectivity index (χ1) is 16.0. The van der Waals surface area contributed by atoms with Gasteiger partial charge in [-0.3, -0.25) is 4.55 Å². The molecular formula is C28H58O4S. The average molecular weight is 491 g/mol. The third kappa shape index (κ3) is 28.0. The zero-order chi connectivity index (χ0) is 24.5. The Labute approximate surface area is 208 Å². The highest BCUT2D eigenvalue weighted by Gasteiger charge is 2.13. The number of unbranched alkanes of at least 4 members (excludes halogenated alkanes) is 20. The molecule has 1 N–H and O–H groups in total. The molecule has 0 bridgehead atoms. The summed E-state index contributed by atoms with van der Waals surface area (Å²) in [6.45, 7) is 4.63. The molecule has 0 amide bonds. The zero-order valence-corrected chi connectivity index (χ0v) is 23.2. The minimum Gasteiger partial charge on any atom is -0.264 e. The van der Waals surface area contributed by atoms with Crippen LogP contribution in [0, 0.1) is 5.92 Å². The summed E-state index contributed by atoms with van der Waals surface area (Å²) in [5.74, 6) is 0.241. The smallest absolute Gasteiger partial charge is 0.264 e. The van der Waals surface area contributed by atoms with Gasteiger partial charge in [-0.1, -0.05) is 155 Å². The topological polar surface area (TPSA) is 63.6 Å². The Morgan fingerprint density at radius 2 is 0.788 bits per heavy atom. The molecule has 0 fully saturated rings. The molecule has 33 heavy (non-hydrogen) atoms. The largest absolute Gasteiger partial charge is 0.397 e. The van der Waals surface area contributed by atoms with Crippen molar-refractivity contribution in [2.75, 3.05) is 6.61 Å². The number of hydrogen-bond acceptors (Lipinski definition) is 3. The van der Waals surface area contributed by atoms with E-state index in [0.717, 1.165) is 25.7 Å². The summed E-state index contributed by atoms with van der Waals surface area (Å²) in [6.07, 6.45) is 31.2. The fourth-order valence-corrected chi connectivity index (χ4v) is 5.05. The van der Waals surface area contributed by atoms with E-state index in [1.165, 1.54) is 128 Å². The van der Waals surface area contributed by atoms with Gasteiger partial charge in [-0.25, -0.2) is 4.18 Å². The van der Waals surface area contributed by atoms with E-state index in [-0.39, 0.29) is 12.5 Å². The van der Waals surface area contributed by atoms with Crippen LogP contribution in [0.1, 0.15) is 168 Å². The van der Waals surface area contributed by atoms with E-state index in [1.807, 2.05) is 0 Å². The van der Waals surface area contributed by atoms with E-state index in [1.54, 1.807) is 0 Å². The van der Waals surface area contributed by atoms with Crippen molar-refractivity contribution < 1.29 is 17.2 Å². The van der Waals surface area contributed by atoms with Crippen LogP contribution in [-0.2, 0) is 14.6 Å². The predicted octanol–water partition coefficient (Wildman–Crippen LogP) is 9.82. The van der Waals surface area contributed by atoms with Crippen LogP contribution in [0.25, 0.3) is 0 Å². The minimum absolute atomic E-state index is 0.131. The van der Waals surface area contributed by atoms with Crippen LogP contribution in [0.2, 0.25) is 0 Å². The van der Waals surface area contributed by atoms with Crippen LogP contribution in [0.3, 0.4) is 0 Å². The van der Waals surface area contributed by atoms with Crippen molar-refractivity contribution in [3.63, 3.8) is 0 Å². The van der Waals surface area contributed by atoms with Crippen LogP contribution in [-0.4, -0.2) is 19.6 Å². The SMILES string of the molecule is CCCCCCCCCCCCCCCCCCC(CCCCCCCC)COS(=O)(=O)O. The van der Waals surface area contributed by atoms with Crippen LogP contribution in [0.15, 0.2) is 0 Å². The van der Waals surface area contributed by atoms with Gasteiger partial charge in [0.05, 0.1) is 6.61 Å². The second-order valence-corrected chi connectivity index (χ2v) is 11.3. The van der Waals surface area contributed by atoms with Gasteiger partial charge in [0.2, 0.25) is 0 Å². The van der Waals surface area contributed by atoms with Crippen molar-refractivity contribution >= 4 is 10.4 Å². The molecule has 0 radical (unpaired) electrons. The van der Waals surface area contributed by atoms with Crippen molar-refractivity contribution in [2.24, 2.45) is 5.92 Å². The van der Waals surface area contributed by atoms with Crippen molar-refractivity contribution in [1.29, 1.82) is 0 Å². The minimum atomic E-state index is -4.32. The van der Waals surface area contributed by atoms with E-state index in [9.17, 15) is 8.42 Å². The summed E-state index contributed by atoms with van der Waals surface area (Å²) in [7, 11) is -4.32. The standard InChI is InChI=1S/C28H58O4S/c1-3-5-7-9-11-12-13-14-15-16-17-18-19-20-22-24-26-28(27-32-33(29,30)31)25-23-21-10-8-6-4-2/h28H,3-27H2,1-2H3,(H,29,30,31). The monoisotopic (exact) mass is 490 g/mol. The van der Waals surface area contributed by atoms with Crippen LogP contribution < -0.4 is 0 Å². The molecule has 0 aromatic heterocycles. The molecule has 200 valence electrons. The Morgan fingerprint density at radius 3 is 1.06 bits per heavy atom. The maximum Gasteiger partial charge on any atom is 0.397 e. The second kappa shape index (κ2) is 25.0. The molecule has 5 heteroatoms. The maximum absolute atomic E-state index is 10.9. The third-order valence-corrected chi connectivity index (χ3v) is 7.32. The van der Waals surface area contributed by atoms with Crippen LogP contribution in [0.5, 0.6) is 0 Å². The summed E-state index contributed by atoms with van der Waals surface area (Å²) in [6, 6.07) is 0. The lowest BCUT2D eigenvalue weighted by molar-refractivity contribution is 0.204. The lowest BCUT2D eigenvalue weighted by atomic mass is 9.95. The summed E-state index contributed by atoms with van der Waals surface area (Å²) >= 11 is 0. The van der Waals surface area contributed by atoms with Gasteiger partial charge in [0.15, 0.2) is 0 Å². The lowest BCUT2D eigenvalue weighted by Crippen LogP contribution is -2.14. The van der Waals surface area contributed by atoms with Gasteiger partial charge in [0.25, 0.3) is 0 Å². The second-order valence-electron chi connectivity index (χ2n) is 10.2. The average Bonchev–Trinajstić information content (AvgIpc) is 2.78. The van der Waals surface area contributed by atoms with E-state index < -0.39 is 10.4 Å². The fraction of sp³-hybridized carbons (Fsp3) is 1.00. The summed E-state index contributed by atoms with van der Waals surface area (Å²) in [5, 5.41) is 0. The lowest BCUT2D eigenvalue weighted by Gasteiger charge is -2.16. The van der Waals surface area contributed by atoms with E-state index in [2.05, 4.69) is 13.8 Å². The Balaban J connectivity index is 3.61. The molecule has 0 saturated carbocycles. The zero-order valence-electron chi connectivity index (χ0n) is 22.3. The van der Waals surface area contributed by atoms with Crippen molar-refractivity contribution in [3.05, 3.63) is 0 Å². The van der Waals surface area contributed by atoms with Crippen molar-refractivity contribution in [3.8, 4) is 0 Å². The first kappa shape index (κ1) is 32.9. The first-order valence-electron chi connectivity index (χ1n) is 14.6. The van der Waals surface area contributed by atoms with Gasteiger partial charge < -0.3 is 0 Å². The van der Waals surface area contributed by atoms with Crippen LogP contribution >= 0.6 is 0 Å². The molecule has 0 aliphatic rings. The van der Waals surface area contributed by atoms with Crippen LogP contribution in [0.4, 0.5) is 0 Å². The van der Waals surface area contributed by atoms with Crippen molar-refractivity contribution in [2.45, 2.75) is 168 Å². The molecule has 0 aliphatic carbocycles. The Morgan fingerprint density at radius 1 is 0.515 bits per heavy atom. The molecule has 1 atom stereocenters. The van der Waals surface area contributed by atoms with Crippen molar-refractivity contribution in [1.82, 2.24) is 0 Å². The van der Waals surface area contributed by atoms with E-state index >= 15 is 0 Å². The molecule has 0 aromatic rings. The van der Waals surface area contributed by atoms with Gasteiger partial charge in [0, 0.05) is 0 Å². The van der Waals surface area contributed by atoms with Gasteiger partial charge in [-0.05, 0) is 18.8 Å². The van der Waals surface area contributed by atoms with Gasteiger partial charge in [0.1, 0.15) is 0 Å². The third-order valence-electron chi connectivity index (χ3n) is 6.88. The Bertz CT molecular complexity index is 478. The Kier molecular flexibility index (Phi) is 24.9. The molecule has 0 heterocycles.